The molecule has 4 rings (SSSR count). The summed E-state index contributed by atoms with van der Waals surface area (Å²) < 4.78 is 5.82. The molecular weight excluding hydrogens is 448 g/mol. The van der Waals surface area contributed by atoms with Gasteiger partial charge in [0.15, 0.2) is 0 Å². The van der Waals surface area contributed by atoms with E-state index in [1.807, 2.05) is 36.4 Å². The molecule has 2 amide bonds. The summed E-state index contributed by atoms with van der Waals surface area (Å²) in [5, 5.41) is 6.03. The van der Waals surface area contributed by atoms with Gasteiger partial charge in [-0.1, -0.05) is 35.9 Å². The van der Waals surface area contributed by atoms with Crippen molar-refractivity contribution < 1.29 is 14.3 Å². The fourth-order valence-corrected chi connectivity index (χ4v) is 4.63. The van der Waals surface area contributed by atoms with Crippen molar-refractivity contribution in [2.24, 2.45) is 0 Å². The molecule has 1 saturated heterocycles. The minimum absolute atomic E-state index is 0.0810. The number of thioether (sulfide) groups is 1. The lowest BCUT2D eigenvalue weighted by molar-refractivity contribution is -0.121. The van der Waals surface area contributed by atoms with E-state index >= 15 is 0 Å². The number of aromatic nitrogens is 2. The molecule has 0 saturated carbocycles. The Hall–Kier alpha value is -3.10. The van der Waals surface area contributed by atoms with Crippen LogP contribution in [-0.2, 0) is 4.79 Å². The van der Waals surface area contributed by atoms with Gasteiger partial charge in [0.05, 0.1) is 5.02 Å². The van der Waals surface area contributed by atoms with Gasteiger partial charge in [0, 0.05) is 25.0 Å². The lowest BCUT2D eigenvalue weighted by Gasteiger charge is -2.18. The van der Waals surface area contributed by atoms with Crippen LogP contribution in [-0.4, -0.2) is 40.1 Å². The van der Waals surface area contributed by atoms with Gasteiger partial charge in [-0.05, 0) is 48.1 Å². The Morgan fingerprint density at radius 2 is 1.88 bits per heavy atom. The molecule has 1 aliphatic rings. The third-order valence-corrected chi connectivity index (χ3v) is 6.46. The van der Waals surface area contributed by atoms with E-state index in [0.29, 0.717) is 23.1 Å². The van der Waals surface area contributed by atoms with Crippen molar-refractivity contribution in [1.82, 2.24) is 20.6 Å². The number of ether oxygens (including phenoxy) is 1. The molecule has 9 heteroatoms. The predicted molar refractivity (Wildman–Crippen MR) is 124 cm³/mol. The zero-order valence-corrected chi connectivity index (χ0v) is 18.6. The third kappa shape index (κ3) is 5.57. The van der Waals surface area contributed by atoms with Crippen molar-refractivity contribution >= 4 is 35.2 Å². The Bertz CT molecular complexity index is 1080. The SMILES string of the molecule is O=C(NC[C@@H]1CCS[C@H](c2ccc(Oc3ccccc3Cl)cc2)C(=O)N1)c1ncccn1. The van der Waals surface area contributed by atoms with Crippen LogP contribution in [0.3, 0.4) is 0 Å². The summed E-state index contributed by atoms with van der Waals surface area (Å²) in [4.78, 5) is 32.9. The smallest absolute Gasteiger partial charge is 0.289 e. The number of halogens is 1. The van der Waals surface area contributed by atoms with Crippen LogP contribution in [0, 0.1) is 0 Å². The Morgan fingerprint density at radius 1 is 1.12 bits per heavy atom. The van der Waals surface area contributed by atoms with Crippen molar-refractivity contribution in [1.29, 1.82) is 0 Å². The molecule has 32 heavy (non-hydrogen) atoms. The van der Waals surface area contributed by atoms with Gasteiger partial charge in [0.1, 0.15) is 16.7 Å². The van der Waals surface area contributed by atoms with Gasteiger partial charge >= 0.3 is 0 Å². The van der Waals surface area contributed by atoms with E-state index < -0.39 is 0 Å². The topological polar surface area (TPSA) is 93.2 Å². The molecule has 0 radical (unpaired) electrons. The highest BCUT2D eigenvalue weighted by atomic mass is 35.5. The third-order valence-electron chi connectivity index (χ3n) is 4.86. The molecule has 0 spiro atoms. The molecule has 1 aliphatic heterocycles. The second-order valence-corrected chi connectivity index (χ2v) is 8.75. The lowest BCUT2D eigenvalue weighted by atomic mass is 10.1. The van der Waals surface area contributed by atoms with Crippen LogP contribution in [0.4, 0.5) is 0 Å². The average Bonchev–Trinajstić information content (AvgIpc) is 3.01. The Labute approximate surface area is 194 Å². The molecule has 0 bridgehead atoms. The fourth-order valence-electron chi connectivity index (χ4n) is 3.23. The van der Waals surface area contributed by atoms with E-state index in [4.69, 9.17) is 16.3 Å². The lowest BCUT2D eigenvalue weighted by Crippen LogP contribution is -2.44. The number of hydrogen-bond donors (Lipinski definition) is 2. The first kappa shape index (κ1) is 22.1. The van der Waals surface area contributed by atoms with Gasteiger partial charge in [-0.3, -0.25) is 9.59 Å². The zero-order chi connectivity index (χ0) is 22.3. The maximum absolute atomic E-state index is 12.8. The molecule has 7 nitrogen and oxygen atoms in total. The number of para-hydroxylation sites is 1. The minimum atomic E-state index is -0.359. The van der Waals surface area contributed by atoms with Crippen molar-refractivity contribution in [3.05, 3.63) is 83.4 Å². The fraction of sp³-hybridized carbons (Fsp3) is 0.217. The number of amides is 2. The van der Waals surface area contributed by atoms with Gasteiger partial charge in [0.25, 0.3) is 5.91 Å². The highest BCUT2D eigenvalue weighted by Crippen LogP contribution is 2.34. The van der Waals surface area contributed by atoms with E-state index in [9.17, 15) is 9.59 Å². The van der Waals surface area contributed by atoms with E-state index in [0.717, 1.165) is 17.7 Å². The molecule has 2 atom stereocenters. The number of hydrogen-bond acceptors (Lipinski definition) is 6. The van der Waals surface area contributed by atoms with E-state index in [1.165, 1.54) is 12.4 Å². The zero-order valence-electron chi connectivity index (χ0n) is 17.0. The summed E-state index contributed by atoms with van der Waals surface area (Å²) in [6.45, 7) is 0.320. The number of benzene rings is 2. The van der Waals surface area contributed by atoms with Gasteiger partial charge in [-0.25, -0.2) is 9.97 Å². The summed E-state index contributed by atoms with van der Waals surface area (Å²) >= 11 is 7.72. The molecule has 1 aromatic heterocycles. The van der Waals surface area contributed by atoms with Crippen LogP contribution < -0.4 is 15.4 Å². The Balaban J connectivity index is 1.34. The number of carbonyl (C=O) groups excluding carboxylic acids is 2. The van der Waals surface area contributed by atoms with Crippen LogP contribution in [0.25, 0.3) is 0 Å². The van der Waals surface area contributed by atoms with Crippen molar-refractivity contribution in [2.75, 3.05) is 12.3 Å². The average molecular weight is 469 g/mol. The summed E-state index contributed by atoms with van der Waals surface area (Å²) in [7, 11) is 0. The number of nitrogens with zero attached hydrogens (tertiary/aromatic N) is 2. The summed E-state index contributed by atoms with van der Waals surface area (Å²) in [5.41, 5.74) is 0.890. The van der Waals surface area contributed by atoms with Crippen molar-refractivity contribution in [3.8, 4) is 11.5 Å². The highest BCUT2D eigenvalue weighted by molar-refractivity contribution is 8.00. The number of nitrogens with one attached hydrogen (secondary N) is 2. The minimum Gasteiger partial charge on any atom is -0.456 e. The van der Waals surface area contributed by atoms with Crippen LogP contribution in [0.1, 0.15) is 27.9 Å². The molecular formula is C23H21ClN4O3S. The first-order valence-corrected chi connectivity index (χ1v) is 11.5. The molecule has 2 aromatic carbocycles. The Morgan fingerprint density at radius 3 is 2.62 bits per heavy atom. The van der Waals surface area contributed by atoms with Gasteiger partial charge in [0.2, 0.25) is 11.7 Å². The van der Waals surface area contributed by atoms with Gasteiger partial charge in [-0.2, -0.15) is 0 Å². The Kier molecular flexibility index (Phi) is 7.24. The first-order chi connectivity index (χ1) is 15.6. The van der Waals surface area contributed by atoms with Gasteiger partial charge in [-0.15, -0.1) is 11.8 Å². The van der Waals surface area contributed by atoms with Crippen LogP contribution in [0.15, 0.2) is 67.0 Å². The van der Waals surface area contributed by atoms with Crippen LogP contribution >= 0.6 is 23.4 Å². The largest absolute Gasteiger partial charge is 0.456 e. The normalized spacial score (nSPS) is 18.3. The molecule has 2 N–H and O–H groups in total. The van der Waals surface area contributed by atoms with Crippen LogP contribution in [0.5, 0.6) is 11.5 Å². The molecule has 0 unspecified atom stereocenters. The second kappa shape index (κ2) is 10.5. The summed E-state index contributed by atoms with van der Waals surface area (Å²) in [5.74, 6) is 1.67. The van der Waals surface area contributed by atoms with Crippen molar-refractivity contribution in [3.63, 3.8) is 0 Å². The van der Waals surface area contributed by atoms with E-state index in [2.05, 4.69) is 20.6 Å². The second-order valence-electron chi connectivity index (χ2n) is 7.13. The monoisotopic (exact) mass is 468 g/mol. The first-order valence-electron chi connectivity index (χ1n) is 10.1. The predicted octanol–water partition coefficient (Wildman–Crippen LogP) is 4.02. The molecule has 0 aliphatic carbocycles. The van der Waals surface area contributed by atoms with E-state index in [1.54, 1.807) is 30.0 Å². The molecule has 2 heterocycles. The van der Waals surface area contributed by atoms with Crippen LogP contribution in [0.2, 0.25) is 5.02 Å². The molecule has 3 aromatic rings. The van der Waals surface area contributed by atoms with Gasteiger partial charge < -0.3 is 15.4 Å². The molecule has 164 valence electrons. The maximum Gasteiger partial charge on any atom is 0.289 e. The van der Waals surface area contributed by atoms with E-state index in [-0.39, 0.29) is 28.9 Å². The quantitative estimate of drug-likeness (QED) is 0.567. The molecule has 1 fully saturated rings. The number of rotatable bonds is 6. The number of carbonyl (C=O) groups is 2. The summed E-state index contributed by atoms with van der Waals surface area (Å²) in [6, 6.07) is 16.2. The standard InChI is InChI=1S/C23H21ClN4O3S/c24-18-4-1-2-5-19(18)31-17-8-6-15(7-9-17)20-22(29)28-16(10-13-32-20)14-27-23(30)21-25-11-3-12-26-21/h1-9,11-12,16,20H,10,13-14H2,(H,27,30)(H,28,29)/t16-,20+/m0/s1. The highest BCUT2D eigenvalue weighted by Gasteiger charge is 2.27. The maximum atomic E-state index is 12.8. The summed E-state index contributed by atoms with van der Waals surface area (Å²) in [6.07, 6.45) is 3.78. The van der Waals surface area contributed by atoms with Crippen molar-refractivity contribution in [2.45, 2.75) is 17.7 Å².